The summed E-state index contributed by atoms with van der Waals surface area (Å²) in [7, 11) is -5.81. The van der Waals surface area contributed by atoms with Gasteiger partial charge in [-0.1, -0.05) is 342 Å². The lowest BCUT2D eigenvalue weighted by Gasteiger charge is -2.50. The minimum absolute atomic E-state index is 0.0144. The Morgan fingerprint density at radius 1 is 0.359 bits per heavy atom. The smallest absolute Gasteiger partial charge is 0.463 e. The van der Waals surface area contributed by atoms with Crippen LogP contribution in [-0.2, 0) is 70.7 Å². The van der Waals surface area contributed by atoms with Gasteiger partial charge in [-0.25, -0.2) is 4.57 Å². The van der Waals surface area contributed by atoms with E-state index in [-0.39, 0.29) is 32.1 Å². The van der Waals surface area contributed by atoms with E-state index in [1.807, 2.05) is 0 Å². The second kappa shape index (κ2) is 69.5. The number of phosphoric acid groups is 1. The third-order valence-electron chi connectivity index (χ3n) is 23.4. The molecule has 3 rings (SSSR count). The Morgan fingerprint density at radius 2 is 0.692 bits per heavy atom. The highest BCUT2D eigenvalue weighted by Gasteiger charge is 2.60. The first-order chi connectivity index (χ1) is 56.6. The van der Waals surface area contributed by atoms with Crippen LogP contribution in [0.25, 0.3) is 0 Å². The Balaban J connectivity index is 1.91. The van der Waals surface area contributed by atoms with Crippen LogP contribution in [0, 0.1) is 5.92 Å². The van der Waals surface area contributed by atoms with Gasteiger partial charge in [-0.15, -0.1) is 0 Å². The van der Waals surface area contributed by atoms with Crippen molar-refractivity contribution in [1.82, 2.24) is 0 Å². The fourth-order valence-electron chi connectivity index (χ4n) is 15.8. The van der Waals surface area contributed by atoms with Gasteiger partial charge in [0.25, 0.3) is 0 Å². The van der Waals surface area contributed by atoms with Gasteiger partial charge in [-0.2, -0.15) is 0 Å². The summed E-state index contributed by atoms with van der Waals surface area (Å²) in [6.45, 7) is 7.92. The van der Waals surface area contributed by atoms with E-state index in [1.54, 1.807) is 0 Å². The highest BCUT2D eigenvalue weighted by atomic mass is 31.2. The van der Waals surface area contributed by atoms with E-state index in [1.165, 1.54) is 186 Å². The van der Waals surface area contributed by atoms with E-state index in [0.29, 0.717) is 38.0 Å². The number of aliphatic hydroxyl groups excluding tert-OH is 9. The molecule has 0 radical (unpaired) electrons. The molecule has 10 N–H and O–H groups in total. The van der Waals surface area contributed by atoms with E-state index >= 15 is 0 Å². The molecule has 0 amide bonds. The van der Waals surface area contributed by atoms with Crippen LogP contribution in [0.4, 0.5) is 0 Å². The van der Waals surface area contributed by atoms with Crippen molar-refractivity contribution in [1.29, 1.82) is 0 Å². The van der Waals surface area contributed by atoms with Gasteiger partial charge in [-0.05, 0) is 57.3 Å². The lowest BCUT2D eigenvalue weighted by Crippen LogP contribution is -2.70. The van der Waals surface area contributed by atoms with Gasteiger partial charge in [0.2, 0.25) is 0 Å². The number of carbonyl (C=O) groups excluding carboxylic acids is 4. The quantitative estimate of drug-likeness (QED) is 0.00889. The molecule has 0 aromatic heterocycles. The number of ether oxygens (including phenoxy) is 8. The molecule has 25 nitrogen and oxygen atoms in total. The summed E-state index contributed by atoms with van der Waals surface area (Å²) in [6, 6.07) is 0. The number of esters is 4. The van der Waals surface area contributed by atoms with Crippen LogP contribution in [0.1, 0.15) is 407 Å². The second-order valence-electron chi connectivity index (χ2n) is 34.2. The fraction of sp³-hybridized carbons (Fsp3) is 0.934. The Kier molecular flexibility index (Phi) is 64.4. The maximum atomic E-state index is 14.9. The van der Waals surface area contributed by atoms with E-state index in [9.17, 15) is 74.6 Å². The largest absolute Gasteiger partial charge is 0.472 e. The number of rotatable bonds is 76. The molecular weight excluding hydrogens is 1520 g/mol. The van der Waals surface area contributed by atoms with Crippen LogP contribution in [-0.4, -0.2) is 205 Å². The second-order valence-corrected chi connectivity index (χ2v) is 35.6. The third kappa shape index (κ3) is 50.1. The summed E-state index contributed by atoms with van der Waals surface area (Å²) in [5.41, 5.74) is 0. The monoisotopic (exact) mass is 1690 g/mol. The Labute approximate surface area is 705 Å². The van der Waals surface area contributed by atoms with Crippen LogP contribution < -0.4 is 0 Å². The van der Waals surface area contributed by atoms with Gasteiger partial charge in [0.15, 0.2) is 24.8 Å². The molecule has 0 aromatic carbocycles. The molecule has 2 saturated heterocycles. The summed E-state index contributed by atoms with van der Waals surface area (Å²) in [6.07, 6.45) is 26.5. The van der Waals surface area contributed by atoms with Gasteiger partial charge < -0.3 is 88.7 Å². The van der Waals surface area contributed by atoms with E-state index in [2.05, 4.69) is 46.8 Å². The van der Waals surface area contributed by atoms with Gasteiger partial charge in [0.05, 0.1) is 13.2 Å². The Bertz CT molecular complexity index is 2500. The van der Waals surface area contributed by atoms with E-state index in [4.69, 9.17) is 46.9 Å². The van der Waals surface area contributed by atoms with Crippen molar-refractivity contribution in [2.45, 2.75) is 511 Å². The number of unbranched alkanes of at least 4 members (excludes halogenated alkanes) is 46. The van der Waals surface area contributed by atoms with Crippen LogP contribution in [0.3, 0.4) is 0 Å². The summed E-state index contributed by atoms with van der Waals surface area (Å²) >= 11 is 0. The molecule has 2 aliphatic heterocycles. The summed E-state index contributed by atoms with van der Waals surface area (Å²) < 4.78 is 73.4. The molecule has 3 fully saturated rings. The topological polar surface area (TPSA) is 380 Å². The van der Waals surface area contributed by atoms with Gasteiger partial charge in [0.1, 0.15) is 92.6 Å². The van der Waals surface area contributed by atoms with Crippen molar-refractivity contribution >= 4 is 31.7 Å². The van der Waals surface area contributed by atoms with Crippen LogP contribution >= 0.6 is 7.82 Å². The van der Waals surface area contributed by atoms with Crippen molar-refractivity contribution in [3.63, 3.8) is 0 Å². The summed E-state index contributed by atoms with van der Waals surface area (Å²) in [4.78, 5) is 66.5. The zero-order chi connectivity index (χ0) is 85.5. The predicted octanol–water partition coefficient (Wildman–Crippen LogP) is 17.4. The third-order valence-corrected chi connectivity index (χ3v) is 24.4. The molecule has 3 aliphatic rings. The molecule has 117 heavy (non-hydrogen) atoms. The molecule has 19 atom stereocenters. The molecule has 1 saturated carbocycles. The molecular formula is C91H169O25P. The first-order valence-electron chi connectivity index (χ1n) is 47.3. The number of hydrogen-bond acceptors (Lipinski definition) is 24. The zero-order valence-electron chi connectivity index (χ0n) is 73.4. The van der Waals surface area contributed by atoms with Crippen LogP contribution in [0.5, 0.6) is 0 Å². The summed E-state index contributed by atoms with van der Waals surface area (Å²) in [5.74, 6) is -2.28. The van der Waals surface area contributed by atoms with Crippen molar-refractivity contribution in [2.24, 2.45) is 5.92 Å². The maximum Gasteiger partial charge on any atom is 0.472 e. The maximum absolute atomic E-state index is 14.9. The average molecular weight is 1690 g/mol. The number of carbonyl (C=O) groups is 4. The van der Waals surface area contributed by atoms with Crippen molar-refractivity contribution < 1.29 is 122 Å². The molecule has 1 aliphatic carbocycles. The minimum Gasteiger partial charge on any atom is -0.463 e. The molecule has 2 heterocycles. The summed E-state index contributed by atoms with van der Waals surface area (Å²) in [5, 5.41) is 102. The number of aliphatic hydroxyl groups is 9. The van der Waals surface area contributed by atoms with Crippen LogP contribution in [0.2, 0.25) is 0 Å². The zero-order valence-corrected chi connectivity index (χ0v) is 74.3. The first-order valence-corrected chi connectivity index (χ1v) is 48.8. The van der Waals surface area contributed by atoms with Gasteiger partial charge in [0, 0.05) is 25.7 Å². The van der Waals surface area contributed by atoms with E-state index in [0.717, 1.165) is 122 Å². The molecule has 0 aromatic rings. The lowest BCUT2D eigenvalue weighted by molar-refractivity contribution is -0.360. The fourth-order valence-corrected chi connectivity index (χ4v) is 16.8. The Morgan fingerprint density at radius 3 is 1.11 bits per heavy atom. The van der Waals surface area contributed by atoms with Crippen molar-refractivity contribution in [3.05, 3.63) is 12.2 Å². The number of allylic oxidation sites excluding steroid dienone is 2. The van der Waals surface area contributed by atoms with Gasteiger partial charge >= 0.3 is 31.7 Å². The van der Waals surface area contributed by atoms with Crippen LogP contribution in [0.15, 0.2) is 12.2 Å². The molecule has 688 valence electrons. The SMILES string of the molecule is CCCCCCCC/C=C\CCCCCC(=O)OC1C(O)C(O)C(OC2OC(CO)C(O)C(O)C2O)C(OP(=O)(O)OCC(COC(=O)CCCCCCCCCCCCCCCCCC)OC(=O)CCCCCCCCCCCCCCC)C1OC1OC(COC(=O)CCCCCCCCC(C)CCCCCCCC)C(O)C(O)C1O. The van der Waals surface area contributed by atoms with Gasteiger partial charge in [-0.3, -0.25) is 28.2 Å². The average Bonchev–Trinajstić information content (AvgIpc) is 0.752. The van der Waals surface area contributed by atoms with Crippen molar-refractivity contribution in [3.8, 4) is 0 Å². The predicted molar refractivity (Wildman–Crippen MR) is 453 cm³/mol. The molecule has 26 heteroatoms. The highest BCUT2D eigenvalue weighted by Crippen LogP contribution is 2.49. The Hall–Kier alpha value is -2.79. The standard InChI is InChI=1S/C91H169O25P/c1-6-10-14-18-22-25-28-31-32-33-36-37-40-43-50-56-62-74(93)107-67-71(110-76(95)64-58-52-44-41-38-34-29-26-23-19-15-11-7-2)68-109-117(105,106)116-89-87(114-90-84(103)80(99)78(97)72(66-92)111-90)83(102)82(101)86(113-77(96)65-59-53-45-42-39-35-30-27-24-20-16-12-8-3)88(89)115-91-85(104)81(100)79(98)73(112-91)69-108-75(94)63-57-51-47-46-49-55-61-70(5)60-54-48-21-17-13-9-4/h35,39,70-73,78-92,97-104H,6-34,36-38,40-69H2,1-5H3,(H,105,106)/b39-35-. The first kappa shape index (κ1) is 108. The molecule has 19 unspecified atom stereocenters. The van der Waals surface area contributed by atoms with E-state index < -0.39 is 162 Å². The number of hydrogen-bond donors (Lipinski definition) is 10. The minimum atomic E-state index is -5.81. The van der Waals surface area contributed by atoms with Crippen molar-refractivity contribution in [2.75, 3.05) is 26.4 Å². The lowest BCUT2D eigenvalue weighted by atomic mass is 9.84. The normalized spacial score (nSPS) is 25.3. The molecule has 0 spiro atoms. The molecule has 0 bridgehead atoms. The highest BCUT2D eigenvalue weighted by molar-refractivity contribution is 7.47. The number of phosphoric ester groups is 1.